The fraction of sp³-hybridized carbons (Fsp3) is 0.625. The Kier molecular flexibility index (Phi) is 3.00. The molecule has 0 saturated carbocycles. The Morgan fingerprint density at radius 2 is 2.45 bits per heavy atom. The number of carbonyl (C=O) groups excluding carboxylic acids is 1. The first-order valence-corrected chi connectivity index (χ1v) is 4.90. The third-order valence-corrected chi connectivity index (χ3v) is 3.23. The maximum absolute atomic E-state index is 10.9. The summed E-state index contributed by atoms with van der Waals surface area (Å²) in [6.07, 6.45) is 1.33. The van der Waals surface area contributed by atoms with Gasteiger partial charge in [0.1, 0.15) is 0 Å². The third-order valence-electron chi connectivity index (χ3n) is 1.88. The van der Waals surface area contributed by atoms with Crippen LogP contribution in [0.1, 0.15) is 6.92 Å². The van der Waals surface area contributed by atoms with Crippen molar-refractivity contribution in [3.05, 3.63) is 12.7 Å². The Bertz CT molecular complexity index is 169. The largest absolute Gasteiger partial charge is 0.349 e. The van der Waals surface area contributed by atoms with Crippen LogP contribution in [-0.2, 0) is 4.79 Å². The van der Waals surface area contributed by atoms with E-state index in [-0.39, 0.29) is 5.91 Å². The monoisotopic (exact) mass is 171 g/mol. The van der Waals surface area contributed by atoms with Gasteiger partial charge >= 0.3 is 0 Å². The summed E-state index contributed by atoms with van der Waals surface area (Å²) in [4.78, 5) is 10.9. The molecule has 3 heteroatoms. The number of hydrogen-bond donors (Lipinski definition) is 1. The van der Waals surface area contributed by atoms with Gasteiger partial charge in [-0.05, 0) is 17.7 Å². The van der Waals surface area contributed by atoms with Gasteiger partial charge in [0.15, 0.2) is 0 Å². The molecule has 2 atom stereocenters. The number of thioether (sulfide) groups is 1. The van der Waals surface area contributed by atoms with E-state index in [1.54, 1.807) is 0 Å². The summed E-state index contributed by atoms with van der Waals surface area (Å²) >= 11 is 1.89. The number of nitrogens with one attached hydrogen (secondary N) is 1. The van der Waals surface area contributed by atoms with Crippen LogP contribution in [0, 0.1) is 5.92 Å². The molecule has 1 fully saturated rings. The highest BCUT2D eigenvalue weighted by Gasteiger charge is 2.24. The molecule has 0 aromatic carbocycles. The van der Waals surface area contributed by atoms with E-state index >= 15 is 0 Å². The van der Waals surface area contributed by atoms with Crippen molar-refractivity contribution in [2.45, 2.75) is 13.0 Å². The van der Waals surface area contributed by atoms with Crippen LogP contribution in [-0.4, -0.2) is 23.5 Å². The van der Waals surface area contributed by atoms with Crippen LogP contribution in [0.15, 0.2) is 12.7 Å². The number of carbonyl (C=O) groups is 1. The zero-order valence-corrected chi connectivity index (χ0v) is 7.49. The minimum Gasteiger partial charge on any atom is -0.349 e. The van der Waals surface area contributed by atoms with Crippen LogP contribution in [0.4, 0.5) is 0 Å². The summed E-state index contributed by atoms with van der Waals surface area (Å²) in [5.74, 6) is 2.75. The molecule has 2 nitrogen and oxygen atoms in total. The Balaban J connectivity index is 2.36. The molecule has 1 saturated heterocycles. The lowest BCUT2D eigenvalue weighted by atomic mass is 10.1. The molecule has 1 aliphatic heterocycles. The molecule has 0 aromatic rings. The Morgan fingerprint density at radius 3 is 2.91 bits per heavy atom. The van der Waals surface area contributed by atoms with Gasteiger partial charge in [-0.3, -0.25) is 4.79 Å². The van der Waals surface area contributed by atoms with E-state index in [2.05, 4.69) is 18.8 Å². The van der Waals surface area contributed by atoms with Crippen molar-refractivity contribution < 1.29 is 4.79 Å². The van der Waals surface area contributed by atoms with Gasteiger partial charge < -0.3 is 5.32 Å². The maximum atomic E-state index is 10.9. The Morgan fingerprint density at radius 1 is 1.73 bits per heavy atom. The molecule has 11 heavy (non-hydrogen) atoms. The van der Waals surface area contributed by atoms with Crippen molar-refractivity contribution >= 4 is 17.7 Å². The molecule has 1 aliphatic rings. The molecule has 62 valence electrons. The van der Waals surface area contributed by atoms with Crippen LogP contribution in [0.2, 0.25) is 0 Å². The van der Waals surface area contributed by atoms with Crippen molar-refractivity contribution in [1.82, 2.24) is 5.32 Å². The Labute approximate surface area is 71.4 Å². The van der Waals surface area contributed by atoms with Crippen LogP contribution in [0.25, 0.3) is 0 Å². The lowest BCUT2D eigenvalue weighted by Crippen LogP contribution is -2.37. The summed E-state index contributed by atoms with van der Waals surface area (Å²) < 4.78 is 0. The summed E-state index contributed by atoms with van der Waals surface area (Å²) in [6.45, 7) is 5.57. The fourth-order valence-corrected chi connectivity index (χ4v) is 2.49. The molecule has 1 rings (SSSR count). The van der Waals surface area contributed by atoms with Gasteiger partial charge in [-0.2, -0.15) is 11.8 Å². The smallest absolute Gasteiger partial charge is 0.243 e. The molecule has 1 N–H and O–H groups in total. The first-order valence-electron chi connectivity index (χ1n) is 3.74. The van der Waals surface area contributed by atoms with Crippen molar-refractivity contribution in [2.24, 2.45) is 5.92 Å². The van der Waals surface area contributed by atoms with E-state index in [4.69, 9.17) is 0 Å². The van der Waals surface area contributed by atoms with Gasteiger partial charge in [0.25, 0.3) is 0 Å². The molecule has 2 unspecified atom stereocenters. The second-order valence-electron chi connectivity index (χ2n) is 2.83. The fourth-order valence-electron chi connectivity index (χ4n) is 1.09. The topological polar surface area (TPSA) is 29.1 Å². The standard InChI is InChI=1S/C8H13NOS/c1-3-8(10)9-7-5-11-4-6(7)2/h3,6-7H,1,4-5H2,2H3,(H,9,10). The van der Waals surface area contributed by atoms with Gasteiger partial charge in [-0.15, -0.1) is 0 Å². The molecular formula is C8H13NOS. The summed E-state index contributed by atoms with van der Waals surface area (Å²) in [5.41, 5.74) is 0. The average Bonchev–Trinajstić information content (AvgIpc) is 2.37. The molecule has 1 amide bonds. The van der Waals surface area contributed by atoms with Crippen molar-refractivity contribution in [2.75, 3.05) is 11.5 Å². The number of rotatable bonds is 2. The van der Waals surface area contributed by atoms with Gasteiger partial charge in [-0.1, -0.05) is 13.5 Å². The van der Waals surface area contributed by atoms with E-state index in [0.717, 1.165) is 11.5 Å². The average molecular weight is 171 g/mol. The van der Waals surface area contributed by atoms with Gasteiger partial charge in [0.2, 0.25) is 5.91 Å². The van der Waals surface area contributed by atoms with Crippen LogP contribution >= 0.6 is 11.8 Å². The van der Waals surface area contributed by atoms with Crippen molar-refractivity contribution in [1.29, 1.82) is 0 Å². The first kappa shape index (κ1) is 8.65. The van der Waals surface area contributed by atoms with Crippen LogP contribution < -0.4 is 5.32 Å². The third kappa shape index (κ3) is 2.26. The van der Waals surface area contributed by atoms with Crippen molar-refractivity contribution in [3.63, 3.8) is 0 Å². The molecule has 1 heterocycles. The van der Waals surface area contributed by atoms with E-state index in [1.165, 1.54) is 6.08 Å². The highest BCUT2D eigenvalue weighted by molar-refractivity contribution is 7.99. The quantitative estimate of drug-likeness (QED) is 0.629. The second-order valence-corrected chi connectivity index (χ2v) is 3.91. The predicted octanol–water partition coefficient (Wildman–Crippen LogP) is 1.04. The SMILES string of the molecule is C=CC(=O)NC1CSCC1C. The lowest BCUT2D eigenvalue weighted by molar-refractivity contribution is -0.117. The molecule has 0 bridgehead atoms. The zero-order chi connectivity index (χ0) is 8.27. The summed E-state index contributed by atoms with van der Waals surface area (Å²) in [7, 11) is 0. The van der Waals surface area contributed by atoms with Crippen LogP contribution in [0.5, 0.6) is 0 Å². The van der Waals surface area contributed by atoms with Crippen LogP contribution in [0.3, 0.4) is 0 Å². The summed E-state index contributed by atoms with van der Waals surface area (Å²) in [6, 6.07) is 0.352. The minimum absolute atomic E-state index is 0.0515. The normalized spacial score (nSPS) is 29.9. The number of amides is 1. The highest BCUT2D eigenvalue weighted by atomic mass is 32.2. The van der Waals surface area contributed by atoms with E-state index in [1.807, 2.05) is 11.8 Å². The van der Waals surface area contributed by atoms with Gasteiger partial charge in [0.05, 0.1) is 0 Å². The number of hydrogen-bond acceptors (Lipinski definition) is 2. The van der Waals surface area contributed by atoms with Crippen molar-refractivity contribution in [3.8, 4) is 0 Å². The Hall–Kier alpha value is -0.440. The molecule has 0 spiro atoms. The second kappa shape index (κ2) is 3.81. The van der Waals surface area contributed by atoms with E-state index < -0.39 is 0 Å². The molecule has 0 aliphatic carbocycles. The van der Waals surface area contributed by atoms with E-state index in [0.29, 0.717) is 12.0 Å². The predicted molar refractivity (Wildman–Crippen MR) is 48.6 cm³/mol. The summed E-state index contributed by atoms with van der Waals surface area (Å²) in [5, 5.41) is 2.90. The first-order chi connectivity index (χ1) is 5.24. The van der Waals surface area contributed by atoms with Gasteiger partial charge in [0, 0.05) is 11.8 Å². The molecule has 0 radical (unpaired) electrons. The van der Waals surface area contributed by atoms with E-state index in [9.17, 15) is 4.79 Å². The lowest BCUT2D eigenvalue weighted by Gasteiger charge is -2.14. The van der Waals surface area contributed by atoms with Gasteiger partial charge in [-0.25, -0.2) is 0 Å². The molecular weight excluding hydrogens is 158 g/mol. The molecule has 0 aromatic heterocycles. The minimum atomic E-state index is -0.0515. The maximum Gasteiger partial charge on any atom is 0.243 e. The highest BCUT2D eigenvalue weighted by Crippen LogP contribution is 2.23. The zero-order valence-electron chi connectivity index (χ0n) is 6.67.